The van der Waals surface area contributed by atoms with Gasteiger partial charge in [-0.3, -0.25) is 14.8 Å². The molecule has 3 fully saturated rings. The molecular weight excluding hydrogens is 447 g/mol. The zero-order valence-electron chi connectivity index (χ0n) is 15.5. The van der Waals surface area contributed by atoms with Crippen LogP contribution in [0.3, 0.4) is 0 Å². The zero-order valence-corrected chi connectivity index (χ0v) is 18.7. The van der Waals surface area contributed by atoms with Gasteiger partial charge in [-0.25, -0.2) is 4.98 Å². The van der Waals surface area contributed by atoms with Gasteiger partial charge in [-0.15, -0.1) is 35.3 Å². The van der Waals surface area contributed by atoms with Crippen molar-refractivity contribution in [2.24, 2.45) is 4.99 Å². The van der Waals surface area contributed by atoms with Crippen LogP contribution < -0.4 is 10.6 Å². The van der Waals surface area contributed by atoms with E-state index in [-0.39, 0.29) is 24.0 Å². The molecule has 4 rings (SSSR count). The number of nitrogens with one attached hydrogen (secondary N) is 2. The first-order valence-corrected chi connectivity index (χ1v) is 9.89. The Bertz CT molecular complexity index is 548. The third-order valence-electron chi connectivity index (χ3n) is 4.90. The van der Waals surface area contributed by atoms with Crippen LogP contribution in [-0.2, 0) is 6.42 Å². The van der Waals surface area contributed by atoms with Crippen LogP contribution in [0, 0.1) is 13.8 Å². The summed E-state index contributed by atoms with van der Waals surface area (Å²) in [5.41, 5.74) is 1.16. The van der Waals surface area contributed by atoms with E-state index < -0.39 is 0 Å². The molecule has 0 saturated carbocycles. The number of piperazine rings is 3. The van der Waals surface area contributed by atoms with Gasteiger partial charge in [-0.2, -0.15) is 0 Å². The second-order valence-corrected chi connectivity index (χ2v) is 7.92. The van der Waals surface area contributed by atoms with Gasteiger partial charge in [0.15, 0.2) is 5.96 Å². The largest absolute Gasteiger partial charge is 0.357 e. The van der Waals surface area contributed by atoms with Gasteiger partial charge in [0.25, 0.3) is 0 Å². The van der Waals surface area contributed by atoms with Gasteiger partial charge in [-0.05, 0) is 20.8 Å². The Balaban J connectivity index is 0.00000225. The van der Waals surface area contributed by atoms with Gasteiger partial charge in [0.1, 0.15) is 0 Å². The Kier molecular flexibility index (Phi) is 8.37. The number of guanidine groups is 1. The summed E-state index contributed by atoms with van der Waals surface area (Å²) in [6.07, 6.45) is 0.951. The monoisotopic (exact) mass is 478 g/mol. The van der Waals surface area contributed by atoms with Gasteiger partial charge in [0, 0.05) is 63.2 Å². The van der Waals surface area contributed by atoms with Crippen molar-refractivity contribution >= 4 is 41.3 Å². The van der Waals surface area contributed by atoms with Crippen molar-refractivity contribution in [1.82, 2.24) is 25.4 Å². The summed E-state index contributed by atoms with van der Waals surface area (Å²) in [5.74, 6) is 0.931. The first-order chi connectivity index (χ1) is 11.7. The highest BCUT2D eigenvalue weighted by Crippen LogP contribution is 2.17. The summed E-state index contributed by atoms with van der Waals surface area (Å²) in [4.78, 5) is 15.9. The summed E-state index contributed by atoms with van der Waals surface area (Å²) >= 11 is 1.80. The van der Waals surface area contributed by atoms with Gasteiger partial charge in [0.2, 0.25) is 0 Å². The molecule has 0 spiro atoms. The molecule has 3 aliphatic heterocycles. The molecule has 2 bridgehead atoms. The van der Waals surface area contributed by atoms with Crippen LogP contribution in [0.5, 0.6) is 0 Å². The summed E-state index contributed by atoms with van der Waals surface area (Å²) in [7, 11) is 0. The molecule has 8 heteroatoms. The highest BCUT2D eigenvalue weighted by Gasteiger charge is 2.31. The molecule has 4 heterocycles. The first-order valence-electron chi connectivity index (χ1n) is 9.07. The minimum Gasteiger partial charge on any atom is -0.357 e. The predicted molar refractivity (Wildman–Crippen MR) is 116 cm³/mol. The van der Waals surface area contributed by atoms with Crippen molar-refractivity contribution in [1.29, 1.82) is 0 Å². The number of hydrogen-bond acceptors (Lipinski definition) is 5. The minimum atomic E-state index is 0. The molecular formula is C17H31IN6S. The number of aromatic nitrogens is 1. The van der Waals surface area contributed by atoms with E-state index in [2.05, 4.69) is 46.2 Å². The van der Waals surface area contributed by atoms with E-state index in [0.29, 0.717) is 6.04 Å². The van der Waals surface area contributed by atoms with Crippen LogP contribution in [0.1, 0.15) is 22.5 Å². The summed E-state index contributed by atoms with van der Waals surface area (Å²) < 4.78 is 0. The summed E-state index contributed by atoms with van der Waals surface area (Å²) in [6, 6.07) is 0.576. The average Bonchev–Trinajstić information content (AvgIpc) is 2.92. The topological polar surface area (TPSA) is 55.8 Å². The lowest BCUT2D eigenvalue weighted by Crippen LogP contribution is -2.62. The number of fused-ring (bicyclic) bond motifs is 3. The second-order valence-electron chi connectivity index (χ2n) is 6.64. The number of rotatable bonds is 6. The molecule has 142 valence electrons. The van der Waals surface area contributed by atoms with E-state index in [1.54, 1.807) is 11.3 Å². The molecule has 6 nitrogen and oxygen atoms in total. The van der Waals surface area contributed by atoms with Gasteiger partial charge in [0.05, 0.1) is 17.2 Å². The van der Waals surface area contributed by atoms with Crippen LogP contribution in [0.2, 0.25) is 0 Å². The van der Waals surface area contributed by atoms with Crippen LogP contribution in [0.4, 0.5) is 0 Å². The molecule has 3 saturated heterocycles. The minimum absolute atomic E-state index is 0. The van der Waals surface area contributed by atoms with Crippen molar-refractivity contribution in [2.75, 3.05) is 52.4 Å². The summed E-state index contributed by atoms with van der Waals surface area (Å²) in [5, 5.41) is 8.02. The number of aliphatic imine (C=N–C) groups is 1. The number of hydrogen-bond donors (Lipinski definition) is 2. The molecule has 1 aromatic rings. The van der Waals surface area contributed by atoms with Gasteiger partial charge >= 0.3 is 0 Å². The van der Waals surface area contributed by atoms with Crippen molar-refractivity contribution in [3.8, 4) is 0 Å². The van der Waals surface area contributed by atoms with Crippen molar-refractivity contribution < 1.29 is 0 Å². The van der Waals surface area contributed by atoms with Crippen LogP contribution in [-0.4, -0.2) is 79.1 Å². The zero-order chi connectivity index (χ0) is 16.9. The highest BCUT2D eigenvalue weighted by molar-refractivity contribution is 14.0. The smallest absolute Gasteiger partial charge is 0.191 e. The second kappa shape index (κ2) is 10.0. The van der Waals surface area contributed by atoms with Gasteiger partial charge in [-0.1, -0.05) is 0 Å². The Morgan fingerprint density at radius 3 is 2.56 bits per heavy atom. The molecule has 1 atom stereocenters. The molecule has 2 N–H and O–H groups in total. The van der Waals surface area contributed by atoms with E-state index in [1.165, 1.54) is 42.6 Å². The SMILES string of the molecule is CCNC(=NCC1CN2CCN1CC2)NCCc1nc(C)c(C)s1.I. The lowest BCUT2D eigenvalue weighted by Gasteiger charge is -2.47. The molecule has 0 radical (unpaired) electrons. The van der Waals surface area contributed by atoms with E-state index in [9.17, 15) is 0 Å². The third kappa shape index (κ3) is 5.77. The Labute approximate surface area is 172 Å². The standard InChI is InChI=1S/C17H30N6S.HI/c1-4-18-17(19-6-5-16-21-13(2)14(3)24-16)20-11-15-12-22-7-9-23(15)10-8-22;/h15H,4-12H2,1-3H3,(H2,18,19,20);1H. The molecule has 0 aliphatic carbocycles. The maximum absolute atomic E-state index is 4.82. The molecule has 3 aliphatic rings. The quantitative estimate of drug-likeness (QED) is 0.369. The summed E-state index contributed by atoms with van der Waals surface area (Å²) in [6.45, 7) is 15.0. The normalized spacial score (nSPS) is 25.6. The molecule has 1 unspecified atom stereocenters. The van der Waals surface area contributed by atoms with Gasteiger partial charge < -0.3 is 10.6 Å². The Morgan fingerprint density at radius 2 is 2.00 bits per heavy atom. The van der Waals surface area contributed by atoms with E-state index in [0.717, 1.165) is 37.7 Å². The number of nitrogens with zero attached hydrogens (tertiary/aromatic N) is 4. The maximum atomic E-state index is 4.82. The van der Waals surface area contributed by atoms with Crippen molar-refractivity contribution in [3.63, 3.8) is 0 Å². The van der Waals surface area contributed by atoms with Crippen LogP contribution in [0.25, 0.3) is 0 Å². The van der Waals surface area contributed by atoms with E-state index in [1.807, 2.05) is 0 Å². The first kappa shape index (κ1) is 20.9. The van der Waals surface area contributed by atoms with E-state index >= 15 is 0 Å². The molecule has 0 aromatic carbocycles. The molecule has 25 heavy (non-hydrogen) atoms. The van der Waals surface area contributed by atoms with Crippen LogP contribution in [0.15, 0.2) is 4.99 Å². The predicted octanol–water partition coefficient (Wildman–Crippen LogP) is 1.48. The fourth-order valence-corrected chi connectivity index (χ4v) is 4.30. The highest BCUT2D eigenvalue weighted by atomic mass is 127. The average molecular weight is 478 g/mol. The third-order valence-corrected chi connectivity index (χ3v) is 6.03. The fourth-order valence-electron chi connectivity index (χ4n) is 3.37. The van der Waals surface area contributed by atoms with Crippen LogP contribution >= 0.6 is 35.3 Å². The lowest BCUT2D eigenvalue weighted by atomic mass is 10.1. The number of thiazole rings is 1. The molecule has 1 aromatic heterocycles. The van der Waals surface area contributed by atoms with Crippen molar-refractivity contribution in [3.05, 3.63) is 15.6 Å². The fraction of sp³-hybridized carbons (Fsp3) is 0.765. The Hall–Kier alpha value is -0.450. The number of aryl methyl sites for hydroxylation is 2. The Morgan fingerprint density at radius 1 is 1.24 bits per heavy atom. The van der Waals surface area contributed by atoms with Crippen molar-refractivity contribution in [2.45, 2.75) is 33.2 Å². The molecule has 0 amide bonds. The maximum Gasteiger partial charge on any atom is 0.191 e. The van der Waals surface area contributed by atoms with E-state index in [4.69, 9.17) is 4.99 Å². The lowest BCUT2D eigenvalue weighted by molar-refractivity contribution is 0.0174. The number of halogens is 1.